The molecular weight excluding hydrogens is 246 g/mol. The van der Waals surface area contributed by atoms with Crippen molar-refractivity contribution < 1.29 is 23.0 Å². The number of morpholine rings is 1. The third-order valence-electron chi connectivity index (χ3n) is 3.09. The number of halogens is 2. The molecule has 1 N–H and O–H groups in total. The third-order valence-corrected chi connectivity index (χ3v) is 3.09. The van der Waals surface area contributed by atoms with E-state index in [1.165, 1.54) is 0 Å². The number of carbonyl (C=O) groups excluding carboxylic acids is 1. The summed E-state index contributed by atoms with van der Waals surface area (Å²) in [6, 6.07) is 0. The molecule has 0 aromatic rings. The Bertz CT molecular complexity index is 309. The molecule has 2 atom stereocenters. The van der Waals surface area contributed by atoms with Crippen LogP contribution in [0.3, 0.4) is 0 Å². The quantitative estimate of drug-likeness (QED) is 0.716. The van der Waals surface area contributed by atoms with E-state index in [2.05, 4.69) is 10.1 Å². The van der Waals surface area contributed by atoms with Crippen LogP contribution in [0.5, 0.6) is 0 Å². The van der Waals surface area contributed by atoms with Gasteiger partial charge in [0.1, 0.15) is 6.10 Å². The van der Waals surface area contributed by atoms with Gasteiger partial charge < -0.3 is 19.7 Å². The number of nitrogens with one attached hydrogen (secondary N) is 1. The van der Waals surface area contributed by atoms with Crippen LogP contribution >= 0.6 is 0 Å². The Labute approximate surface area is 104 Å². The van der Waals surface area contributed by atoms with Crippen LogP contribution in [0.2, 0.25) is 0 Å². The zero-order valence-electron chi connectivity index (χ0n) is 10.3. The second-order valence-electron chi connectivity index (χ2n) is 4.85. The maximum atomic E-state index is 13.0. The van der Waals surface area contributed by atoms with Crippen LogP contribution in [0, 0.1) is 0 Å². The summed E-state index contributed by atoms with van der Waals surface area (Å²) in [5.74, 6) is -4.73. The number of carbonyl (C=O) groups is 1. The molecule has 0 spiro atoms. The van der Waals surface area contributed by atoms with Crippen molar-refractivity contribution >= 4 is 5.97 Å². The van der Waals surface area contributed by atoms with Crippen molar-refractivity contribution in [3.05, 3.63) is 0 Å². The SMILES string of the molecule is CN(CC1CNCCO1)CC1CC(F)(F)C(=O)O1. The molecular formula is C11H18F2N2O3. The number of rotatable bonds is 4. The Kier molecular flexibility index (Phi) is 4.14. The van der Waals surface area contributed by atoms with E-state index in [1.54, 1.807) is 0 Å². The summed E-state index contributed by atoms with van der Waals surface area (Å²) < 4.78 is 36.1. The molecule has 2 aliphatic rings. The van der Waals surface area contributed by atoms with E-state index in [0.29, 0.717) is 19.7 Å². The van der Waals surface area contributed by atoms with Gasteiger partial charge in [-0.3, -0.25) is 0 Å². The van der Waals surface area contributed by atoms with E-state index in [-0.39, 0.29) is 6.10 Å². The summed E-state index contributed by atoms with van der Waals surface area (Å²) in [6.07, 6.45) is -1.20. The van der Waals surface area contributed by atoms with Crippen molar-refractivity contribution in [1.82, 2.24) is 10.2 Å². The van der Waals surface area contributed by atoms with Crippen molar-refractivity contribution in [1.29, 1.82) is 0 Å². The van der Waals surface area contributed by atoms with Crippen molar-refractivity contribution in [2.24, 2.45) is 0 Å². The number of hydrogen-bond acceptors (Lipinski definition) is 5. The van der Waals surface area contributed by atoms with Crippen molar-refractivity contribution in [3.63, 3.8) is 0 Å². The van der Waals surface area contributed by atoms with Gasteiger partial charge in [-0.2, -0.15) is 8.78 Å². The fourth-order valence-corrected chi connectivity index (χ4v) is 2.26. The Balaban J connectivity index is 1.74. The van der Waals surface area contributed by atoms with Gasteiger partial charge in [-0.1, -0.05) is 0 Å². The van der Waals surface area contributed by atoms with Gasteiger partial charge in [0.05, 0.1) is 19.1 Å². The topological polar surface area (TPSA) is 50.8 Å². The van der Waals surface area contributed by atoms with Gasteiger partial charge in [0, 0.05) is 26.2 Å². The molecule has 2 unspecified atom stereocenters. The highest BCUT2D eigenvalue weighted by atomic mass is 19.3. The summed E-state index contributed by atoms with van der Waals surface area (Å²) in [5, 5.41) is 3.20. The highest BCUT2D eigenvalue weighted by Gasteiger charge is 2.50. The van der Waals surface area contributed by atoms with E-state index in [0.717, 1.165) is 13.1 Å². The van der Waals surface area contributed by atoms with Crippen molar-refractivity contribution in [2.75, 3.05) is 39.8 Å². The first kappa shape index (κ1) is 13.6. The zero-order chi connectivity index (χ0) is 13.2. The van der Waals surface area contributed by atoms with Crippen LogP contribution in [-0.4, -0.2) is 68.8 Å². The smallest absolute Gasteiger partial charge is 0.377 e. The van der Waals surface area contributed by atoms with E-state index in [1.807, 2.05) is 11.9 Å². The minimum atomic E-state index is -3.32. The van der Waals surface area contributed by atoms with E-state index in [9.17, 15) is 13.6 Å². The average Bonchev–Trinajstić information content (AvgIpc) is 2.53. The molecule has 7 heteroatoms. The third kappa shape index (κ3) is 3.37. The minimum absolute atomic E-state index is 0.0568. The minimum Gasteiger partial charge on any atom is -0.456 e. The lowest BCUT2D eigenvalue weighted by atomic mass is 10.2. The molecule has 0 saturated carbocycles. The molecule has 2 heterocycles. The average molecular weight is 264 g/mol. The first-order valence-corrected chi connectivity index (χ1v) is 6.07. The summed E-state index contributed by atoms with van der Waals surface area (Å²) >= 11 is 0. The monoisotopic (exact) mass is 264 g/mol. The Morgan fingerprint density at radius 1 is 1.44 bits per heavy atom. The largest absolute Gasteiger partial charge is 0.456 e. The zero-order valence-corrected chi connectivity index (χ0v) is 10.3. The predicted octanol–water partition coefficient (Wildman–Crippen LogP) is -0.143. The van der Waals surface area contributed by atoms with Crippen LogP contribution in [0.15, 0.2) is 0 Å². The summed E-state index contributed by atoms with van der Waals surface area (Å²) in [7, 11) is 1.81. The Hall–Kier alpha value is -0.790. The molecule has 2 aliphatic heterocycles. The van der Waals surface area contributed by atoms with Gasteiger partial charge in [0.25, 0.3) is 0 Å². The van der Waals surface area contributed by atoms with E-state index in [4.69, 9.17) is 4.74 Å². The molecule has 0 bridgehead atoms. The molecule has 2 fully saturated rings. The van der Waals surface area contributed by atoms with Crippen LogP contribution in [0.25, 0.3) is 0 Å². The standard InChI is InChI=1S/C11H18F2N2O3/c1-15(7-9-5-14-2-3-17-9)6-8-4-11(12,13)10(16)18-8/h8-9,14H,2-7H2,1H3. The van der Waals surface area contributed by atoms with Gasteiger partial charge in [-0.15, -0.1) is 0 Å². The number of nitrogens with zero attached hydrogens (tertiary/aromatic N) is 1. The molecule has 0 aromatic heterocycles. The molecule has 0 amide bonds. The van der Waals surface area contributed by atoms with Crippen LogP contribution in [0.4, 0.5) is 8.78 Å². The maximum absolute atomic E-state index is 13.0. The van der Waals surface area contributed by atoms with Gasteiger partial charge in [0.15, 0.2) is 0 Å². The normalized spacial score (nSPS) is 31.7. The number of likely N-dealkylation sites (N-methyl/N-ethyl adjacent to an activating group) is 1. The first-order chi connectivity index (χ1) is 8.47. The summed E-state index contributed by atoms with van der Waals surface area (Å²) in [6.45, 7) is 3.19. The number of esters is 1. The van der Waals surface area contributed by atoms with E-state index >= 15 is 0 Å². The second-order valence-corrected chi connectivity index (χ2v) is 4.85. The molecule has 0 aromatic carbocycles. The molecule has 5 nitrogen and oxygen atoms in total. The lowest BCUT2D eigenvalue weighted by Gasteiger charge is -2.28. The van der Waals surface area contributed by atoms with Crippen LogP contribution < -0.4 is 5.32 Å². The number of alkyl halides is 2. The lowest BCUT2D eigenvalue weighted by Crippen LogP contribution is -2.45. The predicted molar refractivity (Wildman–Crippen MR) is 59.6 cm³/mol. The van der Waals surface area contributed by atoms with Crippen molar-refractivity contribution in [2.45, 2.75) is 24.6 Å². The lowest BCUT2D eigenvalue weighted by molar-refractivity contribution is -0.159. The Morgan fingerprint density at radius 2 is 2.17 bits per heavy atom. The van der Waals surface area contributed by atoms with Gasteiger partial charge in [-0.05, 0) is 7.05 Å². The fraction of sp³-hybridized carbons (Fsp3) is 0.909. The molecule has 18 heavy (non-hydrogen) atoms. The highest BCUT2D eigenvalue weighted by molar-refractivity contribution is 5.79. The molecule has 2 rings (SSSR count). The Morgan fingerprint density at radius 3 is 2.72 bits per heavy atom. The molecule has 0 aliphatic carbocycles. The van der Waals surface area contributed by atoms with Gasteiger partial charge in [0.2, 0.25) is 0 Å². The molecule has 2 saturated heterocycles. The number of hydrogen-bond donors (Lipinski definition) is 1. The van der Waals surface area contributed by atoms with Crippen LogP contribution in [-0.2, 0) is 14.3 Å². The number of cyclic esters (lactones) is 1. The molecule has 0 radical (unpaired) electrons. The van der Waals surface area contributed by atoms with E-state index < -0.39 is 24.4 Å². The van der Waals surface area contributed by atoms with Gasteiger partial charge >= 0.3 is 11.9 Å². The fourth-order valence-electron chi connectivity index (χ4n) is 2.26. The summed E-state index contributed by atoms with van der Waals surface area (Å²) in [5.41, 5.74) is 0. The first-order valence-electron chi connectivity index (χ1n) is 6.07. The second kappa shape index (κ2) is 5.46. The summed E-state index contributed by atoms with van der Waals surface area (Å²) in [4.78, 5) is 12.7. The maximum Gasteiger partial charge on any atom is 0.377 e. The van der Waals surface area contributed by atoms with Crippen molar-refractivity contribution in [3.8, 4) is 0 Å². The van der Waals surface area contributed by atoms with Crippen LogP contribution in [0.1, 0.15) is 6.42 Å². The number of ether oxygens (including phenoxy) is 2. The van der Waals surface area contributed by atoms with Gasteiger partial charge in [-0.25, -0.2) is 4.79 Å². The highest BCUT2D eigenvalue weighted by Crippen LogP contribution is 2.31. The molecule has 104 valence electrons.